The number of amides is 1. The van der Waals surface area contributed by atoms with E-state index in [0.717, 1.165) is 0 Å². The Morgan fingerprint density at radius 2 is 2.55 bits per heavy atom. The van der Waals surface area contributed by atoms with Crippen LogP contribution in [0.1, 0.15) is 6.92 Å². The highest BCUT2D eigenvalue weighted by atomic mass is 79.9. The molecule has 0 radical (unpaired) electrons. The topological polar surface area (TPSA) is 20.3 Å². The van der Waals surface area contributed by atoms with E-state index in [1.807, 2.05) is 25.3 Å². The van der Waals surface area contributed by atoms with Gasteiger partial charge in [-0.25, -0.2) is 0 Å². The van der Waals surface area contributed by atoms with E-state index in [1.54, 1.807) is 4.90 Å². The lowest BCUT2D eigenvalue weighted by molar-refractivity contribution is -0.125. The van der Waals surface area contributed by atoms with E-state index in [9.17, 15) is 4.79 Å². The van der Waals surface area contributed by atoms with E-state index in [-0.39, 0.29) is 5.91 Å². The van der Waals surface area contributed by atoms with Crippen molar-refractivity contribution >= 4 is 21.8 Å². The molecule has 0 saturated carbocycles. The van der Waals surface area contributed by atoms with Gasteiger partial charge < -0.3 is 4.90 Å². The van der Waals surface area contributed by atoms with Crippen molar-refractivity contribution in [1.82, 2.24) is 4.90 Å². The van der Waals surface area contributed by atoms with Gasteiger partial charge in [-0.3, -0.25) is 4.79 Å². The van der Waals surface area contributed by atoms with Crippen LogP contribution < -0.4 is 0 Å². The van der Waals surface area contributed by atoms with Crippen molar-refractivity contribution in [3.8, 4) is 0 Å². The average molecular weight is 216 g/mol. The number of nitrogens with zero attached hydrogens (tertiary/aromatic N) is 1. The van der Waals surface area contributed by atoms with Crippen molar-refractivity contribution in [2.45, 2.75) is 6.92 Å². The fourth-order valence-corrected chi connectivity index (χ4v) is 1.16. The quantitative estimate of drug-likeness (QED) is 0.610. The van der Waals surface area contributed by atoms with E-state index < -0.39 is 0 Å². The summed E-state index contributed by atoms with van der Waals surface area (Å²) in [7, 11) is 0. The first-order chi connectivity index (χ1) is 5.24. The number of rotatable bonds is 1. The smallest absolute Gasteiger partial charge is 0.237 e. The fraction of sp³-hybridized carbons (Fsp3) is 0.375. The second-order valence-electron chi connectivity index (χ2n) is 2.44. The Morgan fingerprint density at radius 1 is 1.82 bits per heavy atom. The normalized spacial score (nSPS) is 16.5. The molecule has 0 aliphatic carbocycles. The molecule has 0 unspecified atom stereocenters. The third-order valence-corrected chi connectivity index (χ3v) is 2.04. The summed E-state index contributed by atoms with van der Waals surface area (Å²) in [5, 5.41) is 0.393. The molecule has 0 aromatic rings. The Morgan fingerprint density at radius 3 is 3.00 bits per heavy atom. The van der Waals surface area contributed by atoms with E-state index in [2.05, 4.69) is 15.9 Å². The highest BCUT2D eigenvalue weighted by Crippen LogP contribution is 2.06. The Bertz CT molecular complexity index is 220. The van der Waals surface area contributed by atoms with Crippen LogP contribution >= 0.6 is 15.9 Å². The second-order valence-corrected chi connectivity index (χ2v) is 3.00. The van der Waals surface area contributed by atoms with Crippen LogP contribution in [0, 0.1) is 0 Å². The minimum atomic E-state index is 0.102. The molecular formula is C8H10BrNO. The third-order valence-electron chi connectivity index (χ3n) is 1.56. The molecule has 1 amide bonds. The maximum atomic E-state index is 11.1. The van der Waals surface area contributed by atoms with Gasteiger partial charge in [0, 0.05) is 12.7 Å². The van der Waals surface area contributed by atoms with Crippen molar-refractivity contribution < 1.29 is 4.79 Å². The van der Waals surface area contributed by atoms with Crippen molar-refractivity contribution in [1.29, 1.82) is 0 Å². The van der Waals surface area contributed by atoms with E-state index >= 15 is 0 Å². The lowest BCUT2D eigenvalue weighted by Crippen LogP contribution is -2.28. The van der Waals surface area contributed by atoms with Gasteiger partial charge >= 0.3 is 0 Å². The molecule has 60 valence electrons. The average Bonchev–Trinajstić information content (AvgIpc) is 2.05. The van der Waals surface area contributed by atoms with E-state index in [1.165, 1.54) is 5.57 Å². The van der Waals surface area contributed by atoms with Gasteiger partial charge in [-0.15, -0.1) is 0 Å². The van der Waals surface area contributed by atoms with Crippen LogP contribution in [0.2, 0.25) is 0 Å². The summed E-state index contributed by atoms with van der Waals surface area (Å²) in [6.07, 6.45) is 5.78. The molecule has 1 aliphatic heterocycles. The molecule has 2 nitrogen and oxygen atoms in total. The van der Waals surface area contributed by atoms with Crippen molar-refractivity contribution in [2.24, 2.45) is 0 Å². The zero-order valence-electron chi connectivity index (χ0n) is 6.38. The molecule has 0 bridgehead atoms. The number of alkyl halides is 1. The molecule has 0 N–H and O–H groups in total. The molecule has 1 rings (SSSR count). The number of carbonyl (C=O) groups excluding carboxylic acids is 1. The van der Waals surface area contributed by atoms with Crippen molar-refractivity contribution in [2.75, 3.05) is 11.9 Å². The number of carbonyl (C=O) groups is 1. The molecule has 0 atom stereocenters. The monoisotopic (exact) mass is 215 g/mol. The van der Waals surface area contributed by atoms with Crippen molar-refractivity contribution in [3.05, 3.63) is 23.9 Å². The Kier molecular flexibility index (Phi) is 2.88. The maximum absolute atomic E-state index is 11.1. The Hall–Kier alpha value is -0.570. The summed E-state index contributed by atoms with van der Waals surface area (Å²) in [5.41, 5.74) is 1.21. The van der Waals surface area contributed by atoms with Crippen LogP contribution in [0.3, 0.4) is 0 Å². The molecular weight excluding hydrogens is 206 g/mol. The summed E-state index contributed by atoms with van der Waals surface area (Å²) in [5.74, 6) is 0.102. The lowest BCUT2D eigenvalue weighted by atomic mass is 10.2. The van der Waals surface area contributed by atoms with Gasteiger partial charge in [0.25, 0.3) is 0 Å². The minimum Gasteiger partial charge on any atom is -0.315 e. The first-order valence-corrected chi connectivity index (χ1v) is 4.56. The van der Waals surface area contributed by atoms with Crippen LogP contribution in [0.5, 0.6) is 0 Å². The minimum absolute atomic E-state index is 0.102. The standard InChI is InChI=1S/C8H10BrNO/c1-7-2-4-10(5-3-7)8(11)6-9/h2-4H,5-6H2,1H3. The van der Waals surface area contributed by atoms with Gasteiger partial charge in [0.05, 0.1) is 5.33 Å². The van der Waals surface area contributed by atoms with Crippen LogP contribution in [0.15, 0.2) is 23.9 Å². The second kappa shape index (κ2) is 3.72. The molecule has 0 fully saturated rings. The number of hydrogen-bond donors (Lipinski definition) is 0. The van der Waals surface area contributed by atoms with E-state index in [4.69, 9.17) is 0 Å². The first kappa shape index (κ1) is 8.53. The van der Waals surface area contributed by atoms with Crippen LogP contribution in [0.4, 0.5) is 0 Å². The predicted octanol–water partition coefficient (Wildman–Crippen LogP) is 1.68. The van der Waals surface area contributed by atoms with Gasteiger partial charge in [-0.2, -0.15) is 0 Å². The van der Waals surface area contributed by atoms with Gasteiger partial charge in [0.2, 0.25) is 5.91 Å². The zero-order valence-corrected chi connectivity index (χ0v) is 7.97. The maximum Gasteiger partial charge on any atom is 0.237 e. The largest absolute Gasteiger partial charge is 0.315 e. The van der Waals surface area contributed by atoms with Crippen LogP contribution in [-0.2, 0) is 4.79 Å². The highest BCUT2D eigenvalue weighted by Gasteiger charge is 2.08. The molecule has 1 aliphatic rings. The predicted molar refractivity (Wildman–Crippen MR) is 48.4 cm³/mol. The molecule has 0 spiro atoms. The van der Waals surface area contributed by atoms with Gasteiger partial charge in [0.15, 0.2) is 0 Å². The Balaban J connectivity index is 2.55. The number of halogens is 1. The summed E-state index contributed by atoms with van der Waals surface area (Å²) >= 11 is 3.12. The van der Waals surface area contributed by atoms with Gasteiger partial charge in [0.1, 0.15) is 0 Å². The third kappa shape index (κ3) is 2.19. The van der Waals surface area contributed by atoms with Crippen LogP contribution in [0.25, 0.3) is 0 Å². The fourth-order valence-electron chi connectivity index (χ4n) is 0.840. The SMILES string of the molecule is CC1=CCN(C(=O)CBr)C=C1. The highest BCUT2D eigenvalue weighted by molar-refractivity contribution is 9.09. The van der Waals surface area contributed by atoms with Gasteiger partial charge in [-0.05, 0) is 13.0 Å². The molecule has 1 heterocycles. The van der Waals surface area contributed by atoms with Gasteiger partial charge in [-0.1, -0.05) is 27.6 Å². The zero-order chi connectivity index (χ0) is 8.27. The van der Waals surface area contributed by atoms with E-state index in [0.29, 0.717) is 11.9 Å². The molecule has 3 heteroatoms. The summed E-state index contributed by atoms with van der Waals surface area (Å²) in [6, 6.07) is 0. The summed E-state index contributed by atoms with van der Waals surface area (Å²) in [4.78, 5) is 12.8. The molecule has 0 aromatic carbocycles. The molecule has 11 heavy (non-hydrogen) atoms. The number of allylic oxidation sites excluding steroid dienone is 2. The molecule has 0 saturated heterocycles. The Labute approximate surface area is 74.7 Å². The lowest BCUT2D eigenvalue weighted by Gasteiger charge is -2.18. The summed E-state index contributed by atoms with van der Waals surface area (Å²) in [6.45, 7) is 2.72. The first-order valence-electron chi connectivity index (χ1n) is 3.44. The number of hydrogen-bond acceptors (Lipinski definition) is 1. The summed E-state index contributed by atoms with van der Waals surface area (Å²) < 4.78 is 0. The van der Waals surface area contributed by atoms with Crippen molar-refractivity contribution in [3.63, 3.8) is 0 Å². The van der Waals surface area contributed by atoms with Crippen LogP contribution in [-0.4, -0.2) is 22.7 Å². The molecule has 0 aromatic heterocycles.